The van der Waals surface area contributed by atoms with Crippen LogP contribution >= 0.6 is 23.2 Å². The molecule has 0 bridgehead atoms. The number of ether oxygens (including phenoxy) is 3. The second kappa shape index (κ2) is 11.5. The summed E-state index contributed by atoms with van der Waals surface area (Å²) in [5, 5.41) is 3.33. The van der Waals surface area contributed by atoms with Crippen molar-refractivity contribution in [1.82, 2.24) is 10.3 Å². The van der Waals surface area contributed by atoms with E-state index in [0.29, 0.717) is 17.9 Å². The largest absolute Gasteiger partial charge is 0.493 e. The lowest BCUT2D eigenvalue weighted by atomic mass is 10.0. The second-order valence-corrected chi connectivity index (χ2v) is 7.72. The number of Topliss-reactive ketones (excluding diaryl/α,β-unsaturated/α-hetero) is 1. The normalized spacial score (nSPS) is 10.4. The number of hydrogen-bond acceptors (Lipinski definition) is 6. The van der Waals surface area contributed by atoms with E-state index >= 15 is 0 Å². The predicted octanol–water partition coefficient (Wildman–Crippen LogP) is 4.53. The molecule has 0 aliphatic carbocycles. The van der Waals surface area contributed by atoms with Crippen LogP contribution in [0.25, 0.3) is 0 Å². The molecule has 0 aliphatic heterocycles. The first-order valence-corrected chi connectivity index (χ1v) is 10.7. The number of benzene rings is 2. The van der Waals surface area contributed by atoms with Crippen LogP contribution in [0, 0.1) is 0 Å². The van der Waals surface area contributed by atoms with E-state index in [4.69, 9.17) is 37.4 Å². The van der Waals surface area contributed by atoms with Crippen LogP contribution in [0.2, 0.25) is 10.0 Å². The quantitative estimate of drug-likeness (QED) is 0.422. The van der Waals surface area contributed by atoms with Gasteiger partial charge in [-0.1, -0.05) is 53.5 Å². The zero-order chi connectivity index (χ0) is 23.8. The maximum Gasteiger partial charge on any atom is 0.258 e. The third-order valence-corrected chi connectivity index (χ3v) is 5.42. The van der Waals surface area contributed by atoms with Gasteiger partial charge in [0.25, 0.3) is 5.91 Å². The molecule has 1 amide bonds. The predicted molar refractivity (Wildman–Crippen MR) is 126 cm³/mol. The van der Waals surface area contributed by atoms with Gasteiger partial charge in [-0.3, -0.25) is 14.6 Å². The fourth-order valence-electron chi connectivity index (χ4n) is 3.11. The molecule has 3 rings (SSSR count). The minimum Gasteiger partial charge on any atom is -0.493 e. The van der Waals surface area contributed by atoms with Gasteiger partial charge in [-0.25, -0.2) is 0 Å². The average Bonchev–Trinajstić information content (AvgIpc) is 2.83. The lowest BCUT2D eigenvalue weighted by molar-refractivity contribution is -0.123. The Labute approximate surface area is 201 Å². The number of carbonyl (C=O) groups excluding carboxylic acids is 2. The molecule has 0 spiro atoms. The van der Waals surface area contributed by atoms with Crippen LogP contribution in [-0.2, 0) is 17.8 Å². The molecular formula is C24H22Cl2N2O5. The number of amides is 1. The molecule has 172 valence electrons. The highest BCUT2D eigenvalue weighted by atomic mass is 35.5. The van der Waals surface area contributed by atoms with Crippen LogP contribution in [0.3, 0.4) is 0 Å². The van der Waals surface area contributed by atoms with Gasteiger partial charge in [0.2, 0.25) is 5.75 Å². The van der Waals surface area contributed by atoms with Crippen LogP contribution in [0.5, 0.6) is 17.2 Å². The third kappa shape index (κ3) is 6.15. The number of aromatic nitrogens is 1. The molecule has 7 nitrogen and oxygen atoms in total. The summed E-state index contributed by atoms with van der Waals surface area (Å²) in [4.78, 5) is 29.4. The second-order valence-electron chi connectivity index (χ2n) is 6.91. The Morgan fingerprint density at radius 3 is 2.27 bits per heavy atom. The summed E-state index contributed by atoms with van der Waals surface area (Å²) in [5.74, 6) is -0.0362. The zero-order valence-electron chi connectivity index (χ0n) is 18.1. The minimum absolute atomic E-state index is 0.0910. The van der Waals surface area contributed by atoms with E-state index in [0.717, 1.165) is 5.56 Å². The van der Waals surface area contributed by atoms with Gasteiger partial charge in [-0.2, -0.15) is 0 Å². The average molecular weight is 489 g/mol. The molecule has 33 heavy (non-hydrogen) atoms. The lowest BCUT2D eigenvalue weighted by Gasteiger charge is -2.17. The number of ketones is 1. The standard InChI is InChI=1S/C24H22Cl2N2O5/c1-31-21-9-8-16(20(29)10-17-18(25)12-27-13-19(17)26)23(24(21)32-2)33-14-22(30)28-11-15-6-4-3-5-7-15/h3-9,12-13H,10-11,14H2,1-2H3,(H,28,30). The van der Waals surface area contributed by atoms with Crippen molar-refractivity contribution in [3.63, 3.8) is 0 Å². The van der Waals surface area contributed by atoms with Crippen molar-refractivity contribution in [3.8, 4) is 17.2 Å². The minimum atomic E-state index is -0.359. The number of nitrogens with zero attached hydrogens (tertiary/aromatic N) is 1. The third-order valence-electron chi connectivity index (χ3n) is 4.77. The van der Waals surface area contributed by atoms with Gasteiger partial charge in [-0.05, 0) is 17.7 Å². The molecule has 0 unspecified atom stereocenters. The first-order chi connectivity index (χ1) is 15.9. The van der Waals surface area contributed by atoms with E-state index in [2.05, 4.69) is 10.3 Å². The van der Waals surface area contributed by atoms with E-state index in [9.17, 15) is 9.59 Å². The monoisotopic (exact) mass is 488 g/mol. The topological polar surface area (TPSA) is 86.8 Å². The molecule has 1 N–H and O–H groups in total. The fraction of sp³-hybridized carbons (Fsp3) is 0.208. The van der Waals surface area contributed by atoms with Crippen LogP contribution < -0.4 is 19.5 Å². The van der Waals surface area contributed by atoms with Crippen LogP contribution in [0.4, 0.5) is 0 Å². The zero-order valence-corrected chi connectivity index (χ0v) is 19.6. The van der Waals surface area contributed by atoms with Gasteiger partial charge in [-0.15, -0.1) is 0 Å². The number of rotatable bonds is 10. The number of hydrogen-bond donors (Lipinski definition) is 1. The number of nitrogens with one attached hydrogen (secondary N) is 1. The molecule has 0 radical (unpaired) electrons. The summed E-state index contributed by atoms with van der Waals surface area (Å²) in [6, 6.07) is 12.6. The molecule has 2 aromatic carbocycles. The highest BCUT2D eigenvalue weighted by molar-refractivity contribution is 6.36. The van der Waals surface area contributed by atoms with E-state index in [-0.39, 0.29) is 51.8 Å². The summed E-state index contributed by atoms with van der Waals surface area (Å²) in [6.07, 6.45) is 2.74. The first-order valence-electron chi connectivity index (χ1n) is 9.94. The molecule has 3 aromatic rings. The number of halogens is 2. The van der Waals surface area contributed by atoms with Crippen molar-refractivity contribution >= 4 is 34.9 Å². The fourth-order valence-corrected chi connectivity index (χ4v) is 3.61. The van der Waals surface area contributed by atoms with E-state index in [1.807, 2.05) is 30.3 Å². The van der Waals surface area contributed by atoms with Gasteiger partial charge in [0.15, 0.2) is 23.9 Å². The van der Waals surface area contributed by atoms with Crippen LogP contribution in [-0.4, -0.2) is 37.5 Å². The van der Waals surface area contributed by atoms with E-state index < -0.39 is 0 Å². The molecule has 1 heterocycles. The lowest BCUT2D eigenvalue weighted by Crippen LogP contribution is -2.28. The highest BCUT2D eigenvalue weighted by Gasteiger charge is 2.23. The van der Waals surface area contributed by atoms with Gasteiger partial charge in [0, 0.05) is 30.9 Å². The van der Waals surface area contributed by atoms with Crippen molar-refractivity contribution in [3.05, 3.63) is 81.6 Å². The Kier molecular flexibility index (Phi) is 8.52. The summed E-state index contributed by atoms with van der Waals surface area (Å²) < 4.78 is 16.5. The van der Waals surface area contributed by atoms with E-state index in [1.54, 1.807) is 12.1 Å². The molecule has 0 atom stereocenters. The Bertz CT molecular complexity index is 1120. The molecule has 0 fully saturated rings. The van der Waals surface area contributed by atoms with Gasteiger partial charge < -0.3 is 19.5 Å². The number of carbonyl (C=O) groups is 2. The Hall–Kier alpha value is -3.29. The van der Waals surface area contributed by atoms with Crippen molar-refractivity contribution in [2.45, 2.75) is 13.0 Å². The summed E-state index contributed by atoms with van der Waals surface area (Å²) in [6.45, 7) is 0.0243. The van der Waals surface area contributed by atoms with Crippen LogP contribution in [0.1, 0.15) is 21.5 Å². The van der Waals surface area contributed by atoms with Crippen LogP contribution in [0.15, 0.2) is 54.9 Å². The molecule has 0 aliphatic rings. The highest BCUT2D eigenvalue weighted by Crippen LogP contribution is 2.40. The van der Waals surface area contributed by atoms with E-state index in [1.165, 1.54) is 26.6 Å². The van der Waals surface area contributed by atoms with Crippen molar-refractivity contribution in [2.24, 2.45) is 0 Å². The summed E-state index contributed by atoms with van der Waals surface area (Å²) in [7, 11) is 2.89. The SMILES string of the molecule is COc1ccc(C(=O)Cc2c(Cl)cncc2Cl)c(OCC(=O)NCc2ccccc2)c1OC. The Morgan fingerprint density at radius 1 is 0.939 bits per heavy atom. The number of pyridine rings is 1. The van der Waals surface area contributed by atoms with Gasteiger partial charge in [0.05, 0.1) is 29.8 Å². The van der Waals surface area contributed by atoms with Gasteiger partial charge >= 0.3 is 0 Å². The maximum absolute atomic E-state index is 13.1. The number of methoxy groups -OCH3 is 2. The summed E-state index contributed by atoms with van der Waals surface area (Å²) >= 11 is 12.3. The molecule has 0 saturated carbocycles. The molecular weight excluding hydrogens is 467 g/mol. The first kappa shape index (κ1) is 24.4. The molecule has 0 saturated heterocycles. The smallest absolute Gasteiger partial charge is 0.258 e. The maximum atomic E-state index is 13.1. The van der Waals surface area contributed by atoms with Crippen molar-refractivity contribution < 1.29 is 23.8 Å². The Balaban J connectivity index is 1.81. The van der Waals surface area contributed by atoms with Crippen molar-refractivity contribution in [1.29, 1.82) is 0 Å². The molecule has 9 heteroatoms. The van der Waals surface area contributed by atoms with Gasteiger partial charge in [0.1, 0.15) is 0 Å². The van der Waals surface area contributed by atoms with Crippen molar-refractivity contribution in [2.75, 3.05) is 20.8 Å². The summed E-state index contributed by atoms with van der Waals surface area (Å²) in [5.41, 5.74) is 1.60. The Morgan fingerprint density at radius 2 is 1.64 bits per heavy atom. The molecule has 1 aromatic heterocycles.